The fraction of sp³-hybridized carbons (Fsp3) is 0.333. The highest BCUT2D eigenvalue weighted by Gasteiger charge is 2.29. The third-order valence-electron chi connectivity index (χ3n) is 3.86. The highest BCUT2D eigenvalue weighted by atomic mass is 16.5. The first kappa shape index (κ1) is 14.8. The molecule has 1 unspecified atom stereocenters. The molecule has 2 heteroatoms. The third-order valence-corrected chi connectivity index (χ3v) is 3.86. The Bertz CT molecular complexity index is 531. The van der Waals surface area contributed by atoms with Gasteiger partial charge >= 0.3 is 0 Å². The first-order valence-corrected chi connectivity index (χ1v) is 6.96. The molecule has 2 aromatic carbocycles. The van der Waals surface area contributed by atoms with Crippen LogP contribution in [0.4, 0.5) is 0 Å². The van der Waals surface area contributed by atoms with Gasteiger partial charge in [0.25, 0.3) is 0 Å². The molecule has 0 radical (unpaired) electrons. The van der Waals surface area contributed by atoms with Crippen LogP contribution >= 0.6 is 0 Å². The normalized spacial score (nSPS) is 13.2. The summed E-state index contributed by atoms with van der Waals surface area (Å²) in [7, 11) is 3.72. The fourth-order valence-electron chi connectivity index (χ4n) is 2.53. The highest BCUT2D eigenvalue weighted by molar-refractivity contribution is 5.63. The Hall–Kier alpha value is -1.64. The Labute approximate surface area is 121 Å². The number of likely N-dealkylation sites (N-methyl/N-ethyl adjacent to an activating group) is 1. The predicted octanol–water partition coefficient (Wildman–Crippen LogP) is 4.04. The number of hydrogen-bond donors (Lipinski definition) is 1. The first-order chi connectivity index (χ1) is 9.58. The molecule has 1 atom stereocenters. The Morgan fingerprint density at radius 3 is 1.95 bits per heavy atom. The summed E-state index contributed by atoms with van der Waals surface area (Å²) in [6, 6.07) is 19.3. The summed E-state index contributed by atoms with van der Waals surface area (Å²) in [5.41, 5.74) is 3.47. The van der Waals surface area contributed by atoms with Gasteiger partial charge in [-0.1, -0.05) is 54.6 Å². The van der Waals surface area contributed by atoms with Crippen LogP contribution in [0.1, 0.15) is 25.5 Å². The molecule has 0 saturated heterocycles. The van der Waals surface area contributed by atoms with E-state index in [0.717, 1.165) is 0 Å². The molecule has 0 aliphatic rings. The van der Waals surface area contributed by atoms with Crippen LogP contribution < -0.4 is 5.32 Å². The van der Waals surface area contributed by atoms with Gasteiger partial charge in [0.1, 0.15) is 0 Å². The molecule has 0 aliphatic heterocycles. The van der Waals surface area contributed by atoms with Gasteiger partial charge in [-0.2, -0.15) is 0 Å². The van der Waals surface area contributed by atoms with Crippen molar-refractivity contribution in [2.45, 2.75) is 25.5 Å². The second-order valence-corrected chi connectivity index (χ2v) is 5.52. The summed E-state index contributed by atoms with van der Waals surface area (Å²) in [6.07, 6.45) is 0. The van der Waals surface area contributed by atoms with E-state index in [1.165, 1.54) is 16.7 Å². The molecule has 1 N–H and O–H groups in total. The minimum atomic E-state index is -0.247. The van der Waals surface area contributed by atoms with E-state index in [0.29, 0.717) is 0 Å². The van der Waals surface area contributed by atoms with Gasteiger partial charge in [0, 0.05) is 7.11 Å². The molecule has 0 amide bonds. The number of rotatable bonds is 5. The molecule has 0 saturated carbocycles. The Morgan fingerprint density at radius 2 is 1.45 bits per heavy atom. The average molecular weight is 269 g/mol. The second kappa shape index (κ2) is 6.21. The van der Waals surface area contributed by atoms with Gasteiger partial charge in [0.15, 0.2) is 0 Å². The van der Waals surface area contributed by atoms with E-state index in [1.54, 1.807) is 7.11 Å². The van der Waals surface area contributed by atoms with Gasteiger partial charge < -0.3 is 10.1 Å². The molecule has 0 bridgehead atoms. The van der Waals surface area contributed by atoms with Crippen molar-refractivity contribution in [3.05, 3.63) is 60.2 Å². The topological polar surface area (TPSA) is 21.3 Å². The molecule has 106 valence electrons. The zero-order chi connectivity index (χ0) is 14.6. The molecular formula is C18H23NO. The summed E-state index contributed by atoms with van der Waals surface area (Å²) < 4.78 is 5.60. The lowest BCUT2D eigenvalue weighted by atomic mass is 9.90. The molecule has 0 fully saturated rings. The van der Waals surface area contributed by atoms with Crippen LogP contribution in [0.25, 0.3) is 11.1 Å². The van der Waals surface area contributed by atoms with Crippen LogP contribution in [0.2, 0.25) is 0 Å². The second-order valence-electron chi connectivity index (χ2n) is 5.52. The van der Waals surface area contributed by atoms with Gasteiger partial charge in [-0.05, 0) is 37.6 Å². The van der Waals surface area contributed by atoms with Crippen molar-refractivity contribution >= 4 is 0 Å². The van der Waals surface area contributed by atoms with Gasteiger partial charge in [0.2, 0.25) is 0 Å². The lowest BCUT2D eigenvalue weighted by Gasteiger charge is -2.33. The van der Waals surface area contributed by atoms with Crippen molar-refractivity contribution in [3.8, 4) is 11.1 Å². The SMILES string of the molecule is CNC(c1ccc(-c2ccccc2)cc1)C(C)(C)OC. The van der Waals surface area contributed by atoms with Crippen LogP contribution in [-0.2, 0) is 4.74 Å². The number of methoxy groups -OCH3 is 1. The van der Waals surface area contributed by atoms with Gasteiger partial charge in [-0.15, -0.1) is 0 Å². The number of nitrogens with one attached hydrogen (secondary N) is 1. The minimum Gasteiger partial charge on any atom is -0.377 e. The standard InChI is InChI=1S/C18H23NO/c1-18(2,20-4)17(19-3)16-12-10-15(11-13-16)14-8-6-5-7-9-14/h5-13,17,19H,1-4H3. The zero-order valence-electron chi connectivity index (χ0n) is 12.7. The molecule has 0 heterocycles. The van der Waals surface area contributed by atoms with E-state index in [4.69, 9.17) is 4.74 Å². The van der Waals surface area contributed by atoms with Gasteiger partial charge in [-0.3, -0.25) is 0 Å². The van der Waals surface area contributed by atoms with Crippen LogP contribution in [0, 0.1) is 0 Å². The van der Waals surface area contributed by atoms with E-state index < -0.39 is 0 Å². The Morgan fingerprint density at radius 1 is 0.900 bits per heavy atom. The maximum absolute atomic E-state index is 5.60. The Balaban J connectivity index is 2.28. The monoisotopic (exact) mass is 269 g/mol. The van der Waals surface area contributed by atoms with Crippen LogP contribution in [0.5, 0.6) is 0 Å². The molecule has 2 aromatic rings. The molecule has 0 aromatic heterocycles. The summed E-state index contributed by atoms with van der Waals surface area (Å²) in [5, 5.41) is 3.34. The summed E-state index contributed by atoms with van der Waals surface area (Å²) >= 11 is 0. The minimum absolute atomic E-state index is 0.164. The molecule has 2 rings (SSSR count). The van der Waals surface area contributed by atoms with Crippen molar-refractivity contribution in [1.82, 2.24) is 5.32 Å². The van der Waals surface area contributed by atoms with E-state index in [2.05, 4.69) is 67.7 Å². The quantitative estimate of drug-likeness (QED) is 0.884. The average Bonchev–Trinajstić information content (AvgIpc) is 2.49. The fourth-order valence-corrected chi connectivity index (χ4v) is 2.53. The summed E-state index contributed by atoms with van der Waals surface area (Å²) in [4.78, 5) is 0. The molecule has 2 nitrogen and oxygen atoms in total. The highest BCUT2D eigenvalue weighted by Crippen LogP contribution is 2.29. The number of ether oxygens (including phenoxy) is 1. The van der Waals surface area contributed by atoms with Crippen LogP contribution in [0.15, 0.2) is 54.6 Å². The van der Waals surface area contributed by atoms with Crippen LogP contribution in [-0.4, -0.2) is 19.8 Å². The number of hydrogen-bond acceptors (Lipinski definition) is 2. The third kappa shape index (κ3) is 3.09. The maximum atomic E-state index is 5.60. The van der Waals surface area contributed by atoms with Crippen molar-refractivity contribution in [2.24, 2.45) is 0 Å². The summed E-state index contributed by atoms with van der Waals surface area (Å²) in [5.74, 6) is 0. The lowest BCUT2D eigenvalue weighted by molar-refractivity contribution is -0.00898. The van der Waals surface area contributed by atoms with Crippen molar-refractivity contribution in [2.75, 3.05) is 14.2 Å². The smallest absolute Gasteiger partial charge is 0.0816 e. The van der Waals surface area contributed by atoms with E-state index in [-0.39, 0.29) is 11.6 Å². The summed E-state index contributed by atoms with van der Waals surface area (Å²) in [6.45, 7) is 4.19. The first-order valence-electron chi connectivity index (χ1n) is 6.96. The predicted molar refractivity (Wildman–Crippen MR) is 84.8 cm³/mol. The zero-order valence-corrected chi connectivity index (χ0v) is 12.7. The van der Waals surface area contributed by atoms with Crippen LogP contribution in [0.3, 0.4) is 0 Å². The van der Waals surface area contributed by atoms with E-state index >= 15 is 0 Å². The van der Waals surface area contributed by atoms with E-state index in [1.807, 2.05) is 13.1 Å². The van der Waals surface area contributed by atoms with Gasteiger partial charge in [0.05, 0.1) is 11.6 Å². The maximum Gasteiger partial charge on any atom is 0.0816 e. The van der Waals surface area contributed by atoms with Crippen molar-refractivity contribution in [3.63, 3.8) is 0 Å². The Kier molecular flexibility index (Phi) is 4.58. The molecule has 20 heavy (non-hydrogen) atoms. The molecule has 0 aliphatic carbocycles. The number of benzene rings is 2. The molecular weight excluding hydrogens is 246 g/mol. The molecule has 0 spiro atoms. The van der Waals surface area contributed by atoms with Crippen molar-refractivity contribution < 1.29 is 4.74 Å². The van der Waals surface area contributed by atoms with Crippen molar-refractivity contribution in [1.29, 1.82) is 0 Å². The lowest BCUT2D eigenvalue weighted by Crippen LogP contribution is -2.39. The van der Waals surface area contributed by atoms with E-state index in [9.17, 15) is 0 Å². The largest absolute Gasteiger partial charge is 0.377 e. The van der Waals surface area contributed by atoms with Gasteiger partial charge in [-0.25, -0.2) is 0 Å².